The molecular formula is C15H22N2O3S. The molecule has 0 unspecified atom stereocenters. The SMILES string of the molecule is COCCCNC(=O)C1CCN(C(=O)c2ccsc2)CC1. The monoisotopic (exact) mass is 310 g/mol. The van der Waals surface area contributed by atoms with Crippen LogP contribution in [0.25, 0.3) is 0 Å². The first-order valence-corrected chi connectivity index (χ1v) is 8.24. The van der Waals surface area contributed by atoms with Crippen LogP contribution < -0.4 is 5.32 Å². The molecule has 1 aliphatic heterocycles. The first kappa shape index (κ1) is 16.0. The molecule has 1 fully saturated rings. The highest BCUT2D eigenvalue weighted by atomic mass is 32.1. The minimum absolute atomic E-state index is 0.0269. The van der Waals surface area contributed by atoms with Gasteiger partial charge in [-0.25, -0.2) is 0 Å². The molecule has 1 aromatic heterocycles. The molecule has 1 aliphatic rings. The van der Waals surface area contributed by atoms with Crippen molar-refractivity contribution in [2.75, 3.05) is 33.4 Å². The Morgan fingerprint density at radius 3 is 2.81 bits per heavy atom. The number of nitrogens with zero attached hydrogens (tertiary/aromatic N) is 1. The number of ether oxygens (including phenoxy) is 1. The number of rotatable bonds is 6. The van der Waals surface area contributed by atoms with E-state index in [0.717, 1.165) is 24.8 Å². The standard InChI is InChI=1S/C15H22N2O3S/c1-20-9-2-6-16-14(18)12-3-7-17(8-4-12)15(19)13-5-10-21-11-13/h5,10-12H,2-4,6-9H2,1H3,(H,16,18). The van der Waals surface area contributed by atoms with Gasteiger partial charge in [0.05, 0.1) is 5.56 Å². The highest BCUT2D eigenvalue weighted by Gasteiger charge is 2.27. The molecule has 2 rings (SSSR count). The quantitative estimate of drug-likeness (QED) is 0.815. The van der Waals surface area contributed by atoms with Crippen LogP contribution in [-0.2, 0) is 9.53 Å². The molecule has 0 saturated carbocycles. The third kappa shape index (κ3) is 4.54. The van der Waals surface area contributed by atoms with Gasteiger partial charge in [-0.1, -0.05) is 0 Å². The number of carbonyl (C=O) groups excluding carboxylic acids is 2. The van der Waals surface area contributed by atoms with Crippen LogP contribution in [0, 0.1) is 5.92 Å². The zero-order valence-electron chi connectivity index (χ0n) is 12.3. The predicted octanol–water partition coefficient (Wildman–Crippen LogP) is 1.75. The third-order valence-corrected chi connectivity index (χ3v) is 4.43. The highest BCUT2D eigenvalue weighted by Crippen LogP contribution is 2.20. The van der Waals surface area contributed by atoms with Gasteiger partial charge in [0, 0.05) is 44.6 Å². The molecule has 116 valence electrons. The van der Waals surface area contributed by atoms with Crippen molar-refractivity contribution >= 4 is 23.2 Å². The molecule has 0 spiro atoms. The van der Waals surface area contributed by atoms with Gasteiger partial charge in [0.25, 0.3) is 5.91 Å². The Morgan fingerprint density at radius 1 is 1.43 bits per heavy atom. The number of hydrogen-bond donors (Lipinski definition) is 1. The summed E-state index contributed by atoms with van der Waals surface area (Å²) in [4.78, 5) is 26.1. The molecule has 5 nitrogen and oxygen atoms in total. The van der Waals surface area contributed by atoms with Crippen molar-refractivity contribution < 1.29 is 14.3 Å². The van der Waals surface area contributed by atoms with Gasteiger partial charge in [-0.15, -0.1) is 0 Å². The minimum atomic E-state index is 0.0269. The van der Waals surface area contributed by atoms with E-state index in [1.165, 1.54) is 11.3 Å². The topological polar surface area (TPSA) is 58.6 Å². The van der Waals surface area contributed by atoms with E-state index < -0.39 is 0 Å². The number of methoxy groups -OCH3 is 1. The summed E-state index contributed by atoms with van der Waals surface area (Å²) >= 11 is 1.53. The molecule has 1 saturated heterocycles. The predicted molar refractivity (Wildman–Crippen MR) is 82.4 cm³/mol. The summed E-state index contributed by atoms with van der Waals surface area (Å²) in [5.74, 6) is 0.211. The van der Waals surface area contributed by atoms with Crippen molar-refractivity contribution in [3.63, 3.8) is 0 Å². The van der Waals surface area contributed by atoms with Crippen molar-refractivity contribution in [1.82, 2.24) is 10.2 Å². The number of nitrogens with one attached hydrogen (secondary N) is 1. The molecule has 1 N–H and O–H groups in total. The number of amides is 2. The fourth-order valence-corrected chi connectivity index (χ4v) is 3.12. The molecule has 0 bridgehead atoms. The molecule has 0 atom stereocenters. The van der Waals surface area contributed by atoms with Crippen LogP contribution in [0.3, 0.4) is 0 Å². The summed E-state index contributed by atoms with van der Waals surface area (Å²) in [7, 11) is 1.65. The molecule has 21 heavy (non-hydrogen) atoms. The van der Waals surface area contributed by atoms with Crippen LogP contribution in [0.2, 0.25) is 0 Å². The van der Waals surface area contributed by atoms with Crippen molar-refractivity contribution in [2.24, 2.45) is 5.92 Å². The molecule has 0 aliphatic carbocycles. The third-order valence-electron chi connectivity index (χ3n) is 3.75. The lowest BCUT2D eigenvalue weighted by Gasteiger charge is -2.31. The Morgan fingerprint density at radius 2 is 2.19 bits per heavy atom. The van der Waals surface area contributed by atoms with Crippen molar-refractivity contribution in [3.05, 3.63) is 22.4 Å². The van der Waals surface area contributed by atoms with Crippen LogP contribution in [0.15, 0.2) is 16.8 Å². The van der Waals surface area contributed by atoms with Crippen LogP contribution >= 0.6 is 11.3 Å². The molecule has 0 radical (unpaired) electrons. The lowest BCUT2D eigenvalue weighted by atomic mass is 9.95. The average Bonchev–Trinajstić information content (AvgIpc) is 3.05. The van der Waals surface area contributed by atoms with Gasteiger partial charge in [0.1, 0.15) is 0 Å². The van der Waals surface area contributed by atoms with E-state index in [0.29, 0.717) is 26.2 Å². The number of carbonyl (C=O) groups is 2. The van der Waals surface area contributed by atoms with E-state index in [4.69, 9.17) is 4.74 Å². The number of likely N-dealkylation sites (tertiary alicyclic amines) is 1. The van der Waals surface area contributed by atoms with Crippen LogP contribution in [0.4, 0.5) is 0 Å². The van der Waals surface area contributed by atoms with E-state index in [-0.39, 0.29) is 17.7 Å². The fraction of sp³-hybridized carbons (Fsp3) is 0.600. The smallest absolute Gasteiger partial charge is 0.254 e. The Kier molecular flexibility index (Phi) is 6.20. The summed E-state index contributed by atoms with van der Waals surface area (Å²) in [6, 6.07) is 1.85. The van der Waals surface area contributed by atoms with E-state index in [2.05, 4.69) is 5.32 Å². The number of piperidine rings is 1. The van der Waals surface area contributed by atoms with Crippen molar-refractivity contribution in [3.8, 4) is 0 Å². The van der Waals surface area contributed by atoms with Gasteiger partial charge < -0.3 is 15.0 Å². The maximum absolute atomic E-state index is 12.2. The van der Waals surface area contributed by atoms with Crippen molar-refractivity contribution in [2.45, 2.75) is 19.3 Å². The van der Waals surface area contributed by atoms with Crippen molar-refractivity contribution in [1.29, 1.82) is 0 Å². The zero-order valence-corrected chi connectivity index (χ0v) is 13.2. The Labute approximate surface area is 129 Å². The summed E-state index contributed by atoms with van der Waals surface area (Å²) in [6.07, 6.45) is 2.32. The zero-order chi connectivity index (χ0) is 15.1. The summed E-state index contributed by atoms with van der Waals surface area (Å²) in [6.45, 7) is 2.63. The van der Waals surface area contributed by atoms with Gasteiger partial charge in [-0.05, 0) is 30.7 Å². The first-order valence-electron chi connectivity index (χ1n) is 7.30. The lowest BCUT2D eigenvalue weighted by molar-refractivity contribution is -0.126. The molecule has 2 heterocycles. The average molecular weight is 310 g/mol. The maximum atomic E-state index is 12.2. The lowest BCUT2D eigenvalue weighted by Crippen LogP contribution is -2.43. The molecule has 6 heteroatoms. The van der Waals surface area contributed by atoms with Gasteiger partial charge in [-0.2, -0.15) is 11.3 Å². The summed E-state index contributed by atoms with van der Waals surface area (Å²) in [5, 5.41) is 6.72. The largest absolute Gasteiger partial charge is 0.385 e. The second kappa shape index (κ2) is 8.14. The molecular weight excluding hydrogens is 288 g/mol. The van der Waals surface area contributed by atoms with Crippen LogP contribution in [0.5, 0.6) is 0 Å². The fourth-order valence-electron chi connectivity index (χ4n) is 2.49. The highest BCUT2D eigenvalue weighted by molar-refractivity contribution is 7.08. The van der Waals surface area contributed by atoms with Gasteiger partial charge in [0.15, 0.2) is 0 Å². The van der Waals surface area contributed by atoms with Gasteiger partial charge in [0.2, 0.25) is 5.91 Å². The van der Waals surface area contributed by atoms with Gasteiger partial charge in [-0.3, -0.25) is 9.59 Å². The van der Waals surface area contributed by atoms with Crippen LogP contribution in [0.1, 0.15) is 29.6 Å². The minimum Gasteiger partial charge on any atom is -0.385 e. The van der Waals surface area contributed by atoms with E-state index in [9.17, 15) is 9.59 Å². The summed E-state index contributed by atoms with van der Waals surface area (Å²) < 4.78 is 4.95. The van der Waals surface area contributed by atoms with Crippen LogP contribution in [-0.4, -0.2) is 50.1 Å². The van der Waals surface area contributed by atoms with E-state index in [1.807, 2.05) is 21.7 Å². The summed E-state index contributed by atoms with van der Waals surface area (Å²) in [5.41, 5.74) is 0.752. The second-order valence-electron chi connectivity index (χ2n) is 5.22. The molecule has 2 amide bonds. The molecule has 0 aromatic carbocycles. The first-order chi connectivity index (χ1) is 10.2. The number of hydrogen-bond acceptors (Lipinski definition) is 4. The Bertz CT molecular complexity index is 453. The second-order valence-corrected chi connectivity index (χ2v) is 6.00. The Balaban J connectivity index is 1.72. The number of thiophene rings is 1. The van der Waals surface area contributed by atoms with E-state index in [1.54, 1.807) is 7.11 Å². The molecule has 1 aromatic rings. The normalized spacial score (nSPS) is 16.0. The van der Waals surface area contributed by atoms with E-state index >= 15 is 0 Å². The Hall–Kier alpha value is -1.40. The maximum Gasteiger partial charge on any atom is 0.254 e. The van der Waals surface area contributed by atoms with Gasteiger partial charge >= 0.3 is 0 Å².